The summed E-state index contributed by atoms with van der Waals surface area (Å²) in [6, 6.07) is 11.3. The van der Waals surface area contributed by atoms with Crippen molar-refractivity contribution in [1.29, 1.82) is 0 Å². The molecule has 0 aliphatic heterocycles. The van der Waals surface area contributed by atoms with E-state index in [4.69, 9.17) is 11.6 Å². The first-order chi connectivity index (χ1) is 16.5. The zero-order valence-electron chi connectivity index (χ0n) is 20.4. The summed E-state index contributed by atoms with van der Waals surface area (Å²) in [5.74, 6) is -1.78. The number of anilines is 1. The van der Waals surface area contributed by atoms with E-state index in [1.807, 2.05) is 6.92 Å². The van der Waals surface area contributed by atoms with E-state index in [2.05, 4.69) is 5.32 Å². The third-order valence-electron chi connectivity index (χ3n) is 5.34. The molecule has 2 rings (SSSR count). The van der Waals surface area contributed by atoms with Crippen LogP contribution in [0.25, 0.3) is 0 Å². The van der Waals surface area contributed by atoms with Crippen molar-refractivity contribution in [2.75, 3.05) is 31.5 Å². The van der Waals surface area contributed by atoms with Crippen molar-refractivity contribution < 1.29 is 22.4 Å². The van der Waals surface area contributed by atoms with Crippen molar-refractivity contribution in [2.24, 2.45) is 0 Å². The smallest absolute Gasteiger partial charge is 0.304 e. The quantitative estimate of drug-likeness (QED) is 0.459. The van der Waals surface area contributed by atoms with E-state index in [1.165, 1.54) is 37.2 Å². The summed E-state index contributed by atoms with van der Waals surface area (Å²) in [5.41, 5.74) is 0.446. The van der Waals surface area contributed by atoms with Crippen molar-refractivity contribution in [2.45, 2.75) is 39.3 Å². The summed E-state index contributed by atoms with van der Waals surface area (Å²) in [5, 5.41) is 3.32. The Morgan fingerprint density at radius 2 is 1.69 bits per heavy atom. The first kappa shape index (κ1) is 28.5. The minimum Gasteiger partial charge on any atom is -0.354 e. The van der Waals surface area contributed by atoms with Crippen LogP contribution >= 0.6 is 11.6 Å². The van der Waals surface area contributed by atoms with E-state index in [9.17, 15) is 22.4 Å². The Balaban J connectivity index is 2.49. The Bertz CT molecular complexity index is 1110. The minimum absolute atomic E-state index is 0.0428. The second-order valence-corrected chi connectivity index (χ2v) is 10.6. The van der Waals surface area contributed by atoms with Crippen LogP contribution in [0, 0.1) is 5.82 Å². The lowest BCUT2D eigenvalue weighted by atomic mass is 10.1. The van der Waals surface area contributed by atoms with Gasteiger partial charge in [-0.25, -0.2) is 8.70 Å². The molecule has 192 valence electrons. The molecule has 0 radical (unpaired) electrons. The Kier molecular flexibility index (Phi) is 10.5. The molecule has 11 heteroatoms. The lowest BCUT2D eigenvalue weighted by Gasteiger charge is -2.34. The third kappa shape index (κ3) is 7.39. The summed E-state index contributed by atoms with van der Waals surface area (Å²) in [7, 11) is -1.63. The molecule has 35 heavy (non-hydrogen) atoms. The Labute approximate surface area is 211 Å². The van der Waals surface area contributed by atoms with Gasteiger partial charge in [-0.15, -0.1) is 0 Å². The largest absolute Gasteiger partial charge is 0.354 e. The van der Waals surface area contributed by atoms with Gasteiger partial charge in [0.15, 0.2) is 0 Å². The third-order valence-corrected chi connectivity index (χ3v) is 7.40. The number of benzene rings is 2. The zero-order chi connectivity index (χ0) is 26.2. The molecule has 1 atom stereocenters. The maximum atomic E-state index is 14.6. The number of hydrogen-bond acceptors (Lipinski definition) is 4. The lowest BCUT2D eigenvalue weighted by molar-refractivity contribution is -0.140. The number of nitrogens with one attached hydrogen (secondary N) is 1. The van der Waals surface area contributed by atoms with Gasteiger partial charge in [0.1, 0.15) is 18.4 Å². The predicted molar refractivity (Wildman–Crippen MR) is 136 cm³/mol. The Morgan fingerprint density at radius 3 is 2.23 bits per heavy atom. The second-order valence-electron chi connectivity index (χ2n) is 8.11. The van der Waals surface area contributed by atoms with Crippen LogP contribution in [-0.2, 0) is 26.3 Å². The van der Waals surface area contributed by atoms with Gasteiger partial charge < -0.3 is 10.2 Å². The Morgan fingerprint density at radius 1 is 1.06 bits per heavy atom. The second kappa shape index (κ2) is 12.9. The van der Waals surface area contributed by atoms with Gasteiger partial charge in [0.05, 0.1) is 5.69 Å². The van der Waals surface area contributed by atoms with Crippen LogP contribution in [-0.4, -0.2) is 62.7 Å². The molecule has 2 amide bonds. The number of carbonyl (C=O) groups is 2. The fourth-order valence-corrected chi connectivity index (χ4v) is 4.62. The molecule has 0 fully saturated rings. The molecule has 1 N–H and O–H groups in total. The molecule has 0 heterocycles. The highest BCUT2D eigenvalue weighted by Gasteiger charge is 2.34. The van der Waals surface area contributed by atoms with Crippen LogP contribution < -0.4 is 9.62 Å². The molecule has 1 unspecified atom stereocenters. The highest BCUT2D eigenvalue weighted by atomic mass is 35.5. The number of amides is 2. The summed E-state index contributed by atoms with van der Waals surface area (Å²) in [6.07, 6.45) is 1.02. The van der Waals surface area contributed by atoms with E-state index in [-0.39, 0.29) is 18.1 Å². The van der Waals surface area contributed by atoms with E-state index >= 15 is 0 Å². The van der Waals surface area contributed by atoms with Crippen LogP contribution in [0.2, 0.25) is 5.02 Å². The lowest BCUT2D eigenvalue weighted by Crippen LogP contribution is -2.53. The van der Waals surface area contributed by atoms with Crippen molar-refractivity contribution in [3.63, 3.8) is 0 Å². The minimum atomic E-state index is -4.23. The molecule has 0 aliphatic carbocycles. The number of hydrogen-bond donors (Lipinski definition) is 1. The van der Waals surface area contributed by atoms with Gasteiger partial charge in [0.2, 0.25) is 11.8 Å². The molecular formula is C24H32ClFN4O4S. The number of nitrogens with zero attached hydrogens (tertiary/aromatic N) is 3. The standard InChI is InChI=1S/C24H32ClFN4O4S/c1-5-15-27-24(32)21(6-2)29(16-18-11-13-19(25)14-12-18)23(31)17-30(35(33,34)28(3)4)22-10-8-7-9-20(22)26/h7-14,21H,5-6,15-17H2,1-4H3,(H,27,32). The topological polar surface area (TPSA) is 90.0 Å². The summed E-state index contributed by atoms with van der Waals surface area (Å²) < 4.78 is 42.4. The number of carbonyl (C=O) groups excluding carboxylic acids is 2. The highest BCUT2D eigenvalue weighted by Crippen LogP contribution is 2.24. The van der Waals surface area contributed by atoms with Crippen LogP contribution in [0.3, 0.4) is 0 Å². The maximum absolute atomic E-state index is 14.6. The van der Waals surface area contributed by atoms with E-state index < -0.39 is 34.5 Å². The van der Waals surface area contributed by atoms with Crippen LogP contribution in [0.15, 0.2) is 48.5 Å². The van der Waals surface area contributed by atoms with E-state index in [1.54, 1.807) is 31.2 Å². The highest BCUT2D eigenvalue weighted by molar-refractivity contribution is 7.90. The van der Waals surface area contributed by atoms with Crippen LogP contribution in [0.1, 0.15) is 32.3 Å². The summed E-state index contributed by atoms with van der Waals surface area (Å²) >= 11 is 5.98. The van der Waals surface area contributed by atoms with Gasteiger partial charge in [-0.2, -0.15) is 12.7 Å². The molecule has 8 nitrogen and oxygen atoms in total. The predicted octanol–water partition coefficient (Wildman–Crippen LogP) is 3.43. The number of rotatable bonds is 12. The summed E-state index contributed by atoms with van der Waals surface area (Å²) in [6.45, 7) is 3.47. The molecule has 0 saturated heterocycles. The average molecular weight is 527 g/mol. The normalized spacial score (nSPS) is 12.3. The fraction of sp³-hybridized carbons (Fsp3) is 0.417. The number of halogens is 2. The van der Waals surface area contributed by atoms with Crippen molar-refractivity contribution in [3.05, 3.63) is 64.9 Å². The first-order valence-corrected chi connectivity index (χ1v) is 13.1. The van der Waals surface area contributed by atoms with Crippen LogP contribution in [0.5, 0.6) is 0 Å². The SMILES string of the molecule is CCCNC(=O)C(CC)N(Cc1ccc(Cl)cc1)C(=O)CN(c1ccccc1F)S(=O)(=O)N(C)C. The molecule has 0 spiro atoms. The molecule has 0 aromatic heterocycles. The maximum Gasteiger partial charge on any atom is 0.304 e. The monoisotopic (exact) mass is 526 g/mol. The molecule has 0 saturated carbocycles. The molecule has 0 aliphatic rings. The van der Waals surface area contributed by atoms with Gasteiger partial charge >= 0.3 is 10.2 Å². The Hall–Kier alpha value is -2.69. The van der Waals surface area contributed by atoms with Crippen LogP contribution in [0.4, 0.5) is 10.1 Å². The van der Waals surface area contributed by atoms with E-state index in [0.29, 0.717) is 23.6 Å². The molecule has 2 aromatic carbocycles. The number of para-hydroxylation sites is 1. The van der Waals surface area contributed by atoms with Gasteiger partial charge in [0.25, 0.3) is 0 Å². The first-order valence-electron chi connectivity index (χ1n) is 11.3. The van der Waals surface area contributed by atoms with Gasteiger partial charge in [0, 0.05) is 32.2 Å². The zero-order valence-corrected chi connectivity index (χ0v) is 21.9. The fourth-order valence-electron chi connectivity index (χ4n) is 3.43. The molecule has 2 aromatic rings. The average Bonchev–Trinajstić information content (AvgIpc) is 2.82. The summed E-state index contributed by atoms with van der Waals surface area (Å²) in [4.78, 5) is 27.9. The van der Waals surface area contributed by atoms with Crippen molar-refractivity contribution in [3.8, 4) is 0 Å². The van der Waals surface area contributed by atoms with E-state index in [0.717, 1.165) is 21.1 Å². The van der Waals surface area contributed by atoms with Gasteiger partial charge in [-0.05, 0) is 42.7 Å². The van der Waals surface area contributed by atoms with Crippen molar-refractivity contribution in [1.82, 2.24) is 14.5 Å². The van der Waals surface area contributed by atoms with Gasteiger partial charge in [-0.1, -0.05) is 49.7 Å². The van der Waals surface area contributed by atoms with Gasteiger partial charge in [-0.3, -0.25) is 9.59 Å². The molecule has 0 bridgehead atoms. The van der Waals surface area contributed by atoms with Crippen molar-refractivity contribution >= 4 is 39.3 Å². The molecular weight excluding hydrogens is 495 g/mol.